The first-order valence-corrected chi connectivity index (χ1v) is 8.24. The van der Waals surface area contributed by atoms with Gasteiger partial charge in [-0.15, -0.1) is 0 Å². The minimum atomic E-state index is -0.258. The van der Waals surface area contributed by atoms with Crippen LogP contribution in [-0.2, 0) is 4.74 Å². The van der Waals surface area contributed by atoms with Crippen LogP contribution in [0.5, 0.6) is 5.75 Å². The quantitative estimate of drug-likeness (QED) is 0.911. The highest BCUT2D eigenvalue weighted by molar-refractivity contribution is 5.45. The zero-order valence-corrected chi connectivity index (χ0v) is 14.2. The van der Waals surface area contributed by atoms with Crippen molar-refractivity contribution in [3.63, 3.8) is 0 Å². The van der Waals surface area contributed by atoms with E-state index in [0.717, 1.165) is 44.2 Å². The van der Waals surface area contributed by atoms with Crippen LogP contribution in [0, 0.1) is 19.8 Å². The van der Waals surface area contributed by atoms with E-state index in [-0.39, 0.29) is 17.6 Å². The Balaban J connectivity index is 1.88. The average Bonchev–Trinajstić information content (AvgIpc) is 2.47. The second-order valence-electron chi connectivity index (χ2n) is 7.23. The van der Waals surface area contributed by atoms with Crippen LogP contribution in [0.4, 0.5) is 0 Å². The van der Waals surface area contributed by atoms with Crippen LogP contribution in [0.25, 0.3) is 0 Å². The lowest BCUT2D eigenvalue weighted by Gasteiger charge is -2.46. The van der Waals surface area contributed by atoms with E-state index < -0.39 is 0 Å². The van der Waals surface area contributed by atoms with Crippen molar-refractivity contribution in [1.82, 2.24) is 4.90 Å². The summed E-state index contributed by atoms with van der Waals surface area (Å²) in [5.74, 6) is 1.24. The van der Waals surface area contributed by atoms with Crippen molar-refractivity contribution < 1.29 is 9.47 Å². The molecule has 2 atom stereocenters. The minimum absolute atomic E-state index is 0.0147. The molecular formula is C18H28N2O2. The summed E-state index contributed by atoms with van der Waals surface area (Å²) < 4.78 is 11.8. The molecule has 0 bridgehead atoms. The van der Waals surface area contributed by atoms with Crippen molar-refractivity contribution in [2.24, 2.45) is 11.7 Å². The van der Waals surface area contributed by atoms with E-state index in [1.165, 1.54) is 11.1 Å². The summed E-state index contributed by atoms with van der Waals surface area (Å²) in [5, 5.41) is 0. The summed E-state index contributed by atoms with van der Waals surface area (Å²) in [7, 11) is 0. The van der Waals surface area contributed by atoms with Crippen molar-refractivity contribution in [3.8, 4) is 5.75 Å². The van der Waals surface area contributed by atoms with E-state index in [0.29, 0.717) is 0 Å². The first kappa shape index (κ1) is 15.8. The Hall–Kier alpha value is -1.10. The normalized spacial score (nSPS) is 28.0. The maximum Gasteiger partial charge on any atom is 0.125 e. The Bertz CT molecular complexity index is 550. The third kappa shape index (κ3) is 2.87. The van der Waals surface area contributed by atoms with Gasteiger partial charge in [0.25, 0.3) is 0 Å². The van der Waals surface area contributed by atoms with Crippen molar-refractivity contribution in [1.29, 1.82) is 0 Å². The molecule has 1 fully saturated rings. The molecule has 0 radical (unpaired) electrons. The fourth-order valence-corrected chi connectivity index (χ4v) is 3.56. The van der Waals surface area contributed by atoms with Gasteiger partial charge in [0.05, 0.1) is 13.2 Å². The maximum absolute atomic E-state index is 6.66. The number of rotatable bonds is 2. The summed E-state index contributed by atoms with van der Waals surface area (Å²) in [4.78, 5) is 2.45. The fourth-order valence-electron chi connectivity index (χ4n) is 3.56. The van der Waals surface area contributed by atoms with Crippen LogP contribution in [0.3, 0.4) is 0 Å². The van der Waals surface area contributed by atoms with E-state index in [1.807, 2.05) is 0 Å². The molecule has 122 valence electrons. The van der Waals surface area contributed by atoms with Crippen LogP contribution in [0.1, 0.15) is 36.6 Å². The second-order valence-corrected chi connectivity index (χ2v) is 7.23. The SMILES string of the molecule is Cc1cc2c(cc1C)C(N)C(CN1CCOCC1)C(C)(C)O2. The molecule has 0 spiro atoms. The van der Waals surface area contributed by atoms with Crippen LogP contribution in [-0.4, -0.2) is 43.3 Å². The van der Waals surface area contributed by atoms with Gasteiger partial charge in [0.15, 0.2) is 0 Å². The molecule has 0 amide bonds. The van der Waals surface area contributed by atoms with E-state index in [4.69, 9.17) is 15.2 Å². The van der Waals surface area contributed by atoms with Gasteiger partial charge in [-0.2, -0.15) is 0 Å². The fraction of sp³-hybridized carbons (Fsp3) is 0.667. The topological polar surface area (TPSA) is 47.7 Å². The van der Waals surface area contributed by atoms with Crippen LogP contribution >= 0.6 is 0 Å². The molecule has 1 saturated heterocycles. The van der Waals surface area contributed by atoms with E-state index >= 15 is 0 Å². The molecule has 2 aliphatic rings. The molecule has 2 heterocycles. The zero-order chi connectivity index (χ0) is 15.9. The number of nitrogens with two attached hydrogens (primary N) is 1. The third-order valence-electron chi connectivity index (χ3n) is 5.24. The molecule has 22 heavy (non-hydrogen) atoms. The molecular weight excluding hydrogens is 276 g/mol. The van der Waals surface area contributed by atoms with Crippen molar-refractivity contribution >= 4 is 0 Å². The zero-order valence-electron chi connectivity index (χ0n) is 14.2. The van der Waals surface area contributed by atoms with Crippen LogP contribution in [0.15, 0.2) is 12.1 Å². The standard InChI is InChI=1S/C18H28N2O2/c1-12-9-14-16(10-13(12)2)22-18(3,4)15(17(14)19)11-20-5-7-21-8-6-20/h9-10,15,17H,5-8,11,19H2,1-4H3. The monoisotopic (exact) mass is 304 g/mol. The van der Waals surface area contributed by atoms with Gasteiger partial charge >= 0.3 is 0 Å². The highest BCUT2D eigenvalue weighted by atomic mass is 16.5. The Kier molecular flexibility index (Phi) is 4.19. The Labute approximate surface area is 133 Å². The van der Waals surface area contributed by atoms with Gasteiger partial charge in [0.1, 0.15) is 11.4 Å². The minimum Gasteiger partial charge on any atom is -0.487 e. The number of nitrogens with zero attached hydrogens (tertiary/aromatic N) is 1. The van der Waals surface area contributed by atoms with E-state index in [9.17, 15) is 0 Å². The van der Waals surface area contributed by atoms with Crippen LogP contribution in [0.2, 0.25) is 0 Å². The Morgan fingerprint density at radius 1 is 1.18 bits per heavy atom. The smallest absolute Gasteiger partial charge is 0.125 e. The molecule has 0 saturated carbocycles. The molecule has 0 aliphatic carbocycles. The Morgan fingerprint density at radius 3 is 2.50 bits per heavy atom. The van der Waals surface area contributed by atoms with Gasteiger partial charge in [-0.3, -0.25) is 4.90 Å². The number of hydrogen-bond acceptors (Lipinski definition) is 4. The largest absolute Gasteiger partial charge is 0.487 e. The summed E-state index contributed by atoms with van der Waals surface area (Å²) in [6.07, 6.45) is 0. The highest BCUT2D eigenvalue weighted by Crippen LogP contribution is 2.43. The molecule has 2 N–H and O–H groups in total. The molecule has 1 aromatic rings. The van der Waals surface area contributed by atoms with E-state index in [2.05, 4.69) is 44.7 Å². The van der Waals surface area contributed by atoms with Crippen molar-refractivity contribution in [3.05, 3.63) is 28.8 Å². The number of hydrogen-bond donors (Lipinski definition) is 1. The molecule has 0 aromatic heterocycles. The number of ether oxygens (including phenoxy) is 2. The molecule has 4 nitrogen and oxygen atoms in total. The predicted molar refractivity (Wildman–Crippen MR) is 88.3 cm³/mol. The van der Waals surface area contributed by atoms with Crippen LogP contribution < -0.4 is 10.5 Å². The average molecular weight is 304 g/mol. The van der Waals surface area contributed by atoms with E-state index in [1.54, 1.807) is 0 Å². The summed E-state index contributed by atoms with van der Waals surface area (Å²) in [6.45, 7) is 13.2. The van der Waals surface area contributed by atoms with Gasteiger partial charge in [-0.1, -0.05) is 6.07 Å². The first-order valence-electron chi connectivity index (χ1n) is 8.24. The summed E-state index contributed by atoms with van der Waals surface area (Å²) >= 11 is 0. The Morgan fingerprint density at radius 2 is 1.82 bits per heavy atom. The summed E-state index contributed by atoms with van der Waals surface area (Å²) in [5.41, 5.74) is 10.1. The second kappa shape index (κ2) is 5.84. The van der Waals surface area contributed by atoms with Gasteiger partial charge in [-0.25, -0.2) is 0 Å². The molecule has 1 aromatic carbocycles. The number of morpholine rings is 1. The third-order valence-corrected chi connectivity index (χ3v) is 5.24. The van der Waals surface area contributed by atoms with Gasteiger partial charge in [-0.05, 0) is 44.9 Å². The highest BCUT2D eigenvalue weighted by Gasteiger charge is 2.43. The van der Waals surface area contributed by atoms with Crippen molar-refractivity contribution in [2.45, 2.75) is 39.3 Å². The molecule has 2 aliphatic heterocycles. The molecule has 2 unspecified atom stereocenters. The van der Waals surface area contributed by atoms with Gasteiger partial charge in [0.2, 0.25) is 0 Å². The lowest BCUT2D eigenvalue weighted by molar-refractivity contribution is -0.0287. The lowest BCUT2D eigenvalue weighted by Crippen LogP contribution is -2.53. The summed E-state index contributed by atoms with van der Waals surface area (Å²) in [6, 6.07) is 4.36. The lowest BCUT2D eigenvalue weighted by atomic mass is 9.78. The maximum atomic E-state index is 6.66. The molecule has 4 heteroatoms. The van der Waals surface area contributed by atoms with Crippen molar-refractivity contribution in [2.75, 3.05) is 32.8 Å². The molecule has 3 rings (SSSR count). The predicted octanol–water partition coefficient (Wildman–Crippen LogP) is 2.42. The van der Waals surface area contributed by atoms with Gasteiger partial charge in [0, 0.05) is 37.2 Å². The number of benzene rings is 1. The van der Waals surface area contributed by atoms with Gasteiger partial charge < -0.3 is 15.2 Å². The first-order chi connectivity index (χ1) is 10.4. The number of fused-ring (bicyclic) bond motifs is 1. The number of aryl methyl sites for hydroxylation is 2.